The van der Waals surface area contributed by atoms with Crippen molar-refractivity contribution < 1.29 is 28.6 Å². The first-order chi connectivity index (χ1) is 25.6. The van der Waals surface area contributed by atoms with Gasteiger partial charge in [-0.3, -0.25) is 9.59 Å². The van der Waals surface area contributed by atoms with Crippen LogP contribution < -0.4 is 16.0 Å². The molecule has 0 fully saturated rings. The minimum Gasteiger partial charge on any atom is -0.444 e. The van der Waals surface area contributed by atoms with Crippen LogP contribution in [0.2, 0.25) is 0 Å². The third-order valence-electron chi connectivity index (χ3n) is 9.58. The highest BCUT2D eigenvalue weighted by Crippen LogP contribution is 2.14. The molecule has 0 bridgehead atoms. The summed E-state index contributed by atoms with van der Waals surface area (Å²) in [4.78, 5) is 37.0. The van der Waals surface area contributed by atoms with E-state index in [2.05, 4.69) is 29.8 Å². The van der Waals surface area contributed by atoms with Gasteiger partial charge in [-0.2, -0.15) is 0 Å². The van der Waals surface area contributed by atoms with E-state index in [1.54, 1.807) is 0 Å². The number of unbranched alkanes of at least 4 members (excludes halogenated alkanes) is 23. The number of hydrogen-bond acceptors (Lipinski definition) is 6. The lowest BCUT2D eigenvalue weighted by atomic mass is 10.1. The summed E-state index contributed by atoms with van der Waals surface area (Å²) in [5.41, 5.74) is -0.551. The molecule has 0 aromatic heterocycles. The molecule has 0 radical (unpaired) electrons. The summed E-state index contributed by atoms with van der Waals surface area (Å²) in [7, 11) is 0. The molecular formula is C44H87N3O6. The molecule has 0 aliphatic rings. The number of rotatable bonds is 38. The molecule has 314 valence electrons. The highest BCUT2D eigenvalue weighted by molar-refractivity contribution is 5.86. The summed E-state index contributed by atoms with van der Waals surface area (Å²) in [6.07, 6.45) is 32.4. The smallest absolute Gasteiger partial charge is 0.407 e. The Morgan fingerprint density at radius 2 is 1.02 bits per heavy atom. The summed E-state index contributed by atoms with van der Waals surface area (Å²) >= 11 is 0. The Kier molecular flexibility index (Phi) is 35.8. The van der Waals surface area contributed by atoms with E-state index in [1.807, 2.05) is 20.8 Å². The molecule has 0 aliphatic heterocycles. The molecule has 3 N–H and O–H groups in total. The van der Waals surface area contributed by atoms with Crippen LogP contribution in [0.15, 0.2) is 0 Å². The van der Waals surface area contributed by atoms with Gasteiger partial charge in [0.1, 0.15) is 11.6 Å². The minimum absolute atomic E-state index is 0.222. The number of amides is 3. The Bertz CT molecular complexity index is 849. The molecule has 9 heteroatoms. The molecule has 0 rings (SSSR count). The van der Waals surface area contributed by atoms with Gasteiger partial charge in [-0.15, -0.1) is 0 Å². The van der Waals surface area contributed by atoms with Crippen LogP contribution in [0.4, 0.5) is 4.79 Å². The van der Waals surface area contributed by atoms with Gasteiger partial charge in [0, 0.05) is 33.2 Å². The van der Waals surface area contributed by atoms with Crippen molar-refractivity contribution in [1.29, 1.82) is 0 Å². The van der Waals surface area contributed by atoms with E-state index in [0.717, 1.165) is 19.3 Å². The highest BCUT2D eigenvalue weighted by atomic mass is 16.6. The van der Waals surface area contributed by atoms with E-state index in [-0.39, 0.29) is 17.9 Å². The summed E-state index contributed by atoms with van der Waals surface area (Å²) in [5.74, 6) is -0.470. The van der Waals surface area contributed by atoms with Gasteiger partial charge >= 0.3 is 6.09 Å². The second-order valence-corrected chi connectivity index (χ2v) is 16.3. The first-order valence-corrected chi connectivity index (χ1v) is 22.3. The number of nitrogens with one attached hydrogen (secondary N) is 3. The van der Waals surface area contributed by atoms with Gasteiger partial charge in [0.25, 0.3) is 0 Å². The summed E-state index contributed by atoms with van der Waals surface area (Å²) in [6.45, 7) is 14.0. The SMILES string of the molecule is CCCCCCCCCCCCCCOCC(CNC(=O)[C@H](CCCCNC(=O)OC(C)(C)C)NC(C)=O)OCCCCCCCCCCCCCC. The van der Waals surface area contributed by atoms with Gasteiger partial charge in [0.05, 0.1) is 12.7 Å². The average molecular weight is 754 g/mol. The zero-order chi connectivity index (χ0) is 39.3. The van der Waals surface area contributed by atoms with Crippen LogP contribution >= 0.6 is 0 Å². The summed E-state index contributed by atoms with van der Waals surface area (Å²) in [5, 5.41) is 8.56. The lowest BCUT2D eigenvalue weighted by Gasteiger charge is -2.22. The molecule has 9 nitrogen and oxygen atoms in total. The van der Waals surface area contributed by atoms with Crippen LogP contribution in [0.3, 0.4) is 0 Å². The van der Waals surface area contributed by atoms with Crippen molar-refractivity contribution in [1.82, 2.24) is 16.0 Å². The Morgan fingerprint density at radius 1 is 0.566 bits per heavy atom. The maximum absolute atomic E-state index is 13.2. The third-order valence-corrected chi connectivity index (χ3v) is 9.58. The molecule has 0 aromatic rings. The number of hydrogen-bond donors (Lipinski definition) is 3. The zero-order valence-corrected chi connectivity index (χ0v) is 35.7. The number of carbonyl (C=O) groups excluding carboxylic acids is 3. The number of carbonyl (C=O) groups is 3. The predicted octanol–water partition coefficient (Wildman–Crippen LogP) is 11.1. The van der Waals surface area contributed by atoms with Crippen molar-refractivity contribution in [3.63, 3.8) is 0 Å². The van der Waals surface area contributed by atoms with E-state index in [9.17, 15) is 14.4 Å². The van der Waals surface area contributed by atoms with Crippen molar-refractivity contribution in [2.75, 3.05) is 32.9 Å². The lowest BCUT2D eigenvalue weighted by Crippen LogP contribution is -2.48. The van der Waals surface area contributed by atoms with Crippen LogP contribution in [0, 0.1) is 0 Å². The average Bonchev–Trinajstić information content (AvgIpc) is 3.10. The summed E-state index contributed by atoms with van der Waals surface area (Å²) in [6, 6.07) is -0.645. The molecule has 0 saturated carbocycles. The van der Waals surface area contributed by atoms with Crippen LogP contribution in [-0.2, 0) is 23.8 Å². The van der Waals surface area contributed by atoms with E-state index >= 15 is 0 Å². The largest absolute Gasteiger partial charge is 0.444 e. The van der Waals surface area contributed by atoms with Crippen LogP contribution in [-0.4, -0.2) is 68.6 Å². The fraction of sp³-hybridized carbons (Fsp3) is 0.932. The standard InChI is InChI=1S/C44H87N3O6/c1-7-9-11-13-15-17-19-21-23-25-27-31-35-51-38-40(52-36-32-28-26-24-22-20-18-16-14-12-10-8-2)37-46-42(49)41(47-39(3)48)33-29-30-34-45-43(50)53-44(4,5)6/h40-41H,7-38H2,1-6H3,(H,45,50)(H,46,49)(H,47,48)/t40?,41-/m0/s1. The van der Waals surface area contributed by atoms with Crippen LogP contribution in [0.5, 0.6) is 0 Å². The minimum atomic E-state index is -0.645. The molecule has 53 heavy (non-hydrogen) atoms. The Hall–Kier alpha value is -1.87. The molecule has 1 unspecified atom stereocenters. The van der Waals surface area contributed by atoms with E-state index < -0.39 is 17.7 Å². The summed E-state index contributed by atoms with van der Waals surface area (Å²) < 4.78 is 17.6. The van der Waals surface area contributed by atoms with E-state index in [4.69, 9.17) is 14.2 Å². The second kappa shape index (κ2) is 37.1. The zero-order valence-electron chi connectivity index (χ0n) is 35.7. The Balaban J connectivity index is 4.57. The van der Waals surface area contributed by atoms with Crippen LogP contribution in [0.1, 0.15) is 215 Å². The number of alkyl carbamates (subject to hydrolysis) is 1. The maximum atomic E-state index is 13.2. The van der Waals surface area contributed by atoms with Gasteiger partial charge in [-0.25, -0.2) is 4.79 Å². The van der Waals surface area contributed by atoms with Gasteiger partial charge in [-0.05, 0) is 52.9 Å². The fourth-order valence-electron chi connectivity index (χ4n) is 6.45. The molecular weight excluding hydrogens is 666 g/mol. The van der Waals surface area contributed by atoms with Gasteiger partial charge in [0.15, 0.2) is 0 Å². The van der Waals surface area contributed by atoms with Gasteiger partial charge < -0.3 is 30.2 Å². The molecule has 0 heterocycles. The number of ether oxygens (including phenoxy) is 3. The fourth-order valence-corrected chi connectivity index (χ4v) is 6.45. The van der Waals surface area contributed by atoms with Crippen molar-refractivity contribution in [2.45, 2.75) is 233 Å². The second-order valence-electron chi connectivity index (χ2n) is 16.3. The van der Waals surface area contributed by atoms with Gasteiger partial charge in [-0.1, -0.05) is 155 Å². The monoisotopic (exact) mass is 754 g/mol. The van der Waals surface area contributed by atoms with Crippen molar-refractivity contribution in [3.05, 3.63) is 0 Å². The predicted molar refractivity (Wildman–Crippen MR) is 221 cm³/mol. The Labute approximate surface area is 327 Å². The Morgan fingerprint density at radius 3 is 1.47 bits per heavy atom. The third kappa shape index (κ3) is 38.2. The molecule has 0 saturated heterocycles. The molecule has 0 aliphatic carbocycles. The van der Waals surface area contributed by atoms with E-state index in [1.165, 1.54) is 142 Å². The lowest BCUT2D eigenvalue weighted by molar-refractivity contribution is -0.129. The molecule has 3 amide bonds. The first kappa shape index (κ1) is 51.1. The van der Waals surface area contributed by atoms with Crippen LogP contribution in [0.25, 0.3) is 0 Å². The molecule has 0 aromatic carbocycles. The van der Waals surface area contributed by atoms with Crippen molar-refractivity contribution in [2.24, 2.45) is 0 Å². The quantitative estimate of drug-likeness (QED) is 0.0541. The topological polar surface area (TPSA) is 115 Å². The molecule has 0 spiro atoms. The normalized spacial score (nSPS) is 12.7. The molecule has 2 atom stereocenters. The van der Waals surface area contributed by atoms with Crippen molar-refractivity contribution >= 4 is 17.9 Å². The van der Waals surface area contributed by atoms with E-state index in [0.29, 0.717) is 52.2 Å². The maximum Gasteiger partial charge on any atom is 0.407 e. The highest BCUT2D eigenvalue weighted by Gasteiger charge is 2.21. The first-order valence-electron chi connectivity index (χ1n) is 22.3. The van der Waals surface area contributed by atoms with Crippen molar-refractivity contribution in [3.8, 4) is 0 Å². The van der Waals surface area contributed by atoms with Gasteiger partial charge in [0.2, 0.25) is 11.8 Å².